The van der Waals surface area contributed by atoms with Gasteiger partial charge in [0.05, 0.1) is 5.69 Å². The quantitative estimate of drug-likeness (QED) is 0.191. The van der Waals surface area contributed by atoms with Crippen LogP contribution in [0.15, 0.2) is 188 Å². The fourth-order valence-corrected chi connectivity index (χ4v) is 5.68. The summed E-state index contributed by atoms with van der Waals surface area (Å²) in [6.07, 6.45) is 0. The summed E-state index contributed by atoms with van der Waals surface area (Å²) in [7, 11) is 0. The van der Waals surface area contributed by atoms with E-state index in [-0.39, 0.29) is 0 Å². The smallest absolute Gasteiger partial charge is 0.0540 e. The Morgan fingerprint density at radius 3 is 1.00 bits per heavy atom. The van der Waals surface area contributed by atoms with Crippen LogP contribution in [0, 0.1) is 0 Å². The van der Waals surface area contributed by atoms with Crippen molar-refractivity contribution >= 4 is 17.1 Å². The molecule has 0 saturated carbocycles. The molecule has 0 fully saturated rings. The molecule has 0 amide bonds. The predicted octanol–water partition coefficient (Wildman–Crippen LogP) is 11.8. The van der Waals surface area contributed by atoms with Crippen LogP contribution in [-0.4, -0.2) is 0 Å². The highest BCUT2D eigenvalue weighted by atomic mass is 15.1. The van der Waals surface area contributed by atoms with E-state index in [1.165, 1.54) is 44.5 Å². The molecular formula is C42H31N. The summed E-state index contributed by atoms with van der Waals surface area (Å²) in [6, 6.07) is 67.0. The van der Waals surface area contributed by atoms with E-state index in [2.05, 4.69) is 193 Å². The second-order valence-corrected chi connectivity index (χ2v) is 10.6. The summed E-state index contributed by atoms with van der Waals surface area (Å²) in [5.41, 5.74) is 12.9. The van der Waals surface area contributed by atoms with E-state index < -0.39 is 0 Å². The van der Waals surface area contributed by atoms with Crippen LogP contribution in [0.1, 0.15) is 0 Å². The van der Waals surface area contributed by atoms with Crippen LogP contribution in [0.5, 0.6) is 0 Å². The SMILES string of the molecule is c1ccc(-c2ccc(N(c3ccc(-c4ccccc4)cc3)c3ccc(-c4ccccc4)cc3-c3ccccc3)cc2)cc1. The van der Waals surface area contributed by atoms with Gasteiger partial charge in [0.1, 0.15) is 0 Å². The lowest BCUT2D eigenvalue weighted by atomic mass is 9.96. The third kappa shape index (κ3) is 5.62. The fraction of sp³-hybridized carbons (Fsp3) is 0. The second-order valence-electron chi connectivity index (χ2n) is 10.6. The largest absolute Gasteiger partial charge is 0.310 e. The van der Waals surface area contributed by atoms with Crippen molar-refractivity contribution in [1.29, 1.82) is 0 Å². The van der Waals surface area contributed by atoms with Crippen molar-refractivity contribution in [3.05, 3.63) is 188 Å². The van der Waals surface area contributed by atoms with Gasteiger partial charge in [-0.2, -0.15) is 0 Å². The lowest BCUT2D eigenvalue weighted by Crippen LogP contribution is -2.11. The third-order valence-electron chi connectivity index (χ3n) is 7.89. The van der Waals surface area contributed by atoms with E-state index in [1.54, 1.807) is 0 Å². The van der Waals surface area contributed by atoms with Crippen LogP contribution in [-0.2, 0) is 0 Å². The first-order chi connectivity index (χ1) is 21.3. The average molecular weight is 550 g/mol. The van der Waals surface area contributed by atoms with Gasteiger partial charge in [-0.25, -0.2) is 0 Å². The molecule has 0 aliphatic heterocycles. The van der Waals surface area contributed by atoms with Crippen molar-refractivity contribution in [2.45, 2.75) is 0 Å². The standard InChI is InChI=1S/C42H31N/c1-5-13-32(14-6-1)35-21-26-39(27-22-35)43(40-28-23-36(24-29-40)33-15-7-2-8-16-33)42-30-25-38(34-17-9-3-10-18-34)31-41(42)37-19-11-4-12-20-37/h1-31H. The van der Waals surface area contributed by atoms with Crippen molar-refractivity contribution in [2.24, 2.45) is 0 Å². The van der Waals surface area contributed by atoms with Gasteiger partial charge in [0.2, 0.25) is 0 Å². The van der Waals surface area contributed by atoms with Crippen molar-refractivity contribution in [2.75, 3.05) is 4.90 Å². The molecule has 204 valence electrons. The number of nitrogens with zero attached hydrogens (tertiary/aromatic N) is 1. The van der Waals surface area contributed by atoms with Crippen molar-refractivity contribution in [1.82, 2.24) is 0 Å². The van der Waals surface area contributed by atoms with Gasteiger partial charge in [0, 0.05) is 16.9 Å². The fourth-order valence-electron chi connectivity index (χ4n) is 5.68. The number of benzene rings is 7. The molecule has 43 heavy (non-hydrogen) atoms. The summed E-state index contributed by atoms with van der Waals surface area (Å²) in [6.45, 7) is 0. The molecule has 7 rings (SSSR count). The second kappa shape index (κ2) is 12.1. The molecular weight excluding hydrogens is 518 g/mol. The highest BCUT2D eigenvalue weighted by molar-refractivity contribution is 5.91. The molecule has 0 heterocycles. The van der Waals surface area contributed by atoms with Gasteiger partial charge in [-0.15, -0.1) is 0 Å². The molecule has 0 bridgehead atoms. The summed E-state index contributed by atoms with van der Waals surface area (Å²) in [5.74, 6) is 0. The Kier molecular flexibility index (Phi) is 7.36. The molecule has 0 aliphatic rings. The Bertz CT molecular complexity index is 1830. The van der Waals surface area contributed by atoms with Gasteiger partial charge in [0.25, 0.3) is 0 Å². The van der Waals surface area contributed by atoms with Crippen LogP contribution in [0.2, 0.25) is 0 Å². The molecule has 0 radical (unpaired) electrons. The minimum Gasteiger partial charge on any atom is -0.310 e. The van der Waals surface area contributed by atoms with Crippen LogP contribution in [0.3, 0.4) is 0 Å². The van der Waals surface area contributed by atoms with E-state index in [1.807, 2.05) is 0 Å². The first kappa shape index (κ1) is 26.3. The molecule has 0 saturated heterocycles. The third-order valence-corrected chi connectivity index (χ3v) is 7.89. The minimum absolute atomic E-state index is 1.11. The molecule has 0 aromatic heterocycles. The van der Waals surface area contributed by atoms with E-state index in [0.717, 1.165) is 17.1 Å². The lowest BCUT2D eigenvalue weighted by Gasteiger charge is -2.29. The first-order valence-corrected chi connectivity index (χ1v) is 14.7. The highest BCUT2D eigenvalue weighted by Crippen LogP contribution is 2.43. The summed E-state index contributed by atoms with van der Waals surface area (Å²) in [5, 5.41) is 0. The normalized spacial score (nSPS) is 10.8. The Balaban J connectivity index is 1.39. The van der Waals surface area contributed by atoms with E-state index in [4.69, 9.17) is 0 Å². The zero-order valence-electron chi connectivity index (χ0n) is 23.8. The molecule has 7 aromatic rings. The van der Waals surface area contributed by atoms with E-state index in [0.29, 0.717) is 0 Å². The maximum atomic E-state index is 2.38. The topological polar surface area (TPSA) is 3.24 Å². The number of hydrogen-bond acceptors (Lipinski definition) is 1. The number of hydrogen-bond donors (Lipinski definition) is 0. The molecule has 0 unspecified atom stereocenters. The molecule has 7 aromatic carbocycles. The van der Waals surface area contributed by atoms with E-state index in [9.17, 15) is 0 Å². The molecule has 0 aliphatic carbocycles. The molecule has 0 atom stereocenters. The maximum Gasteiger partial charge on any atom is 0.0540 e. The van der Waals surface area contributed by atoms with Gasteiger partial charge in [-0.3, -0.25) is 0 Å². The molecule has 0 spiro atoms. The van der Waals surface area contributed by atoms with Crippen molar-refractivity contribution in [3.63, 3.8) is 0 Å². The van der Waals surface area contributed by atoms with E-state index >= 15 is 0 Å². The zero-order valence-corrected chi connectivity index (χ0v) is 23.8. The maximum absolute atomic E-state index is 2.38. The average Bonchev–Trinajstić information content (AvgIpc) is 3.11. The Labute approximate surface area is 254 Å². The first-order valence-electron chi connectivity index (χ1n) is 14.7. The van der Waals surface area contributed by atoms with Gasteiger partial charge in [-0.1, -0.05) is 152 Å². The van der Waals surface area contributed by atoms with Gasteiger partial charge in [0.15, 0.2) is 0 Å². The zero-order chi connectivity index (χ0) is 28.8. The Morgan fingerprint density at radius 2 is 0.581 bits per heavy atom. The lowest BCUT2D eigenvalue weighted by molar-refractivity contribution is 1.28. The van der Waals surface area contributed by atoms with Gasteiger partial charge >= 0.3 is 0 Å². The van der Waals surface area contributed by atoms with Gasteiger partial charge in [-0.05, 0) is 75.3 Å². The Morgan fingerprint density at radius 1 is 0.256 bits per heavy atom. The van der Waals surface area contributed by atoms with Crippen molar-refractivity contribution < 1.29 is 0 Å². The van der Waals surface area contributed by atoms with Crippen LogP contribution in [0.25, 0.3) is 44.5 Å². The van der Waals surface area contributed by atoms with Gasteiger partial charge < -0.3 is 4.90 Å². The minimum atomic E-state index is 1.11. The predicted molar refractivity (Wildman–Crippen MR) is 183 cm³/mol. The number of anilines is 3. The van der Waals surface area contributed by atoms with Crippen molar-refractivity contribution in [3.8, 4) is 44.5 Å². The molecule has 1 nitrogen and oxygen atoms in total. The number of rotatable bonds is 7. The van der Waals surface area contributed by atoms with Crippen LogP contribution >= 0.6 is 0 Å². The monoisotopic (exact) mass is 549 g/mol. The Hall–Kier alpha value is -5.66. The van der Waals surface area contributed by atoms with Crippen LogP contribution < -0.4 is 4.90 Å². The summed E-state index contributed by atoms with van der Waals surface area (Å²) >= 11 is 0. The van der Waals surface area contributed by atoms with Crippen LogP contribution in [0.4, 0.5) is 17.1 Å². The molecule has 0 N–H and O–H groups in total. The summed E-state index contributed by atoms with van der Waals surface area (Å²) in [4.78, 5) is 2.38. The molecule has 1 heteroatoms. The summed E-state index contributed by atoms with van der Waals surface area (Å²) < 4.78 is 0. The highest BCUT2D eigenvalue weighted by Gasteiger charge is 2.18.